The lowest BCUT2D eigenvalue weighted by Crippen LogP contribution is -2.49. The first kappa shape index (κ1) is 28.8. The third kappa shape index (κ3) is 6.62. The van der Waals surface area contributed by atoms with Crippen LogP contribution in [0.3, 0.4) is 0 Å². The third-order valence-corrected chi connectivity index (χ3v) is 7.82. The number of carbonyl (C=O) groups is 1. The minimum Gasteiger partial charge on any atom is -0.485 e. The number of nitrogens with zero attached hydrogens (tertiary/aromatic N) is 4. The Morgan fingerprint density at radius 3 is 2.76 bits per heavy atom. The van der Waals surface area contributed by atoms with E-state index >= 15 is 0 Å². The molecule has 1 saturated heterocycles. The summed E-state index contributed by atoms with van der Waals surface area (Å²) in [4.78, 5) is 36.3. The number of amides is 1. The molecule has 1 amide bonds. The highest BCUT2D eigenvalue weighted by Crippen LogP contribution is 2.33. The maximum absolute atomic E-state index is 13.5. The van der Waals surface area contributed by atoms with Gasteiger partial charge in [0.05, 0.1) is 27.8 Å². The fraction of sp³-hybridized carbons (Fsp3) is 0.379. The summed E-state index contributed by atoms with van der Waals surface area (Å²) in [5, 5.41) is 5.80. The Balaban J connectivity index is 1.39. The second-order valence-electron chi connectivity index (χ2n) is 11.0. The number of likely N-dealkylation sites (tertiary alicyclic amines) is 1. The van der Waals surface area contributed by atoms with Crippen LogP contribution in [0.5, 0.6) is 5.75 Å². The van der Waals surface area contributed by atoms with Crippen molar-refractivity contribution in [2.75, 3.05) is 11.9 Å². The van der Waals surface area contributed by atoms with Gasteiger partial charge in [-0.2, -0.15) is 4.98 Å². The summed E-state index contributed by atoms with van der Waals surface area (Å²) in [6, 6.07) is 9.69. The van der Waals surface area contributed by atoms with Crippen LogP contribution in [0.1, 0.15) is 46.2 Å². The molecule has 1 aromatic carbocycles. The molecule has 0 bridgehead atoms. The fourth-order valence-corrected chi connectivity index (χ4v) is 5.80. The zero-order valence-corrected chi connectivity index (χ0v) is 24.8. The van der Waals surface area contributed by atoms with Crippen molar-refractivity contribution in [2.24, 2.45) is 0 Å². The lowest BCUT2D eigenvalue weighted by atomic mass is 9.98. The number of ether oxygens (including phenoxy) is 2. The number of fused-ring (bicyclic) bond motifs is 1. The number of rotatable bonds is 6. The van der Waals surface area contributed by atoms with Crippen molar-refractivity contribution < 1.29 is 18.7 Å². The van der Waals surface area contributed by atoms with Gasteiger partial charge in [-0.15, -0.1) is 11.3 Å². The van der Waals surface area contributed by atoms with E-state index in [0.717, 1.165) is 10.9 Å². The minimum absolute atomic E-state index is 0.0226. The zero-order valence-electron chi connectivity index (χ0n) is 23.2. The van der Waals surface area contributed by atoms with Crippen LogP contribution >= 0.6 is 22.9 Å². The number of thiophene rings is 1. The van der Waals surface area contributed by atoms with E-state index in [4.69, 9.17) is 21.1 Å². The van der Waals surface area contributed by atoms with Gasteiger partial charge < -0.3 is 19.7 Å². The highest BCUT2D eigenvalue weighted by atomic mass is 35.5. The van der Waals surface area contributed by atoms with Gasteiger partial charge in [0, 0.05) is 29.7 Å². The number of anilines is 1. The third-order valence-electron chi connectivity index (χ3n) is 6.67. The molecule has 2 atom stereocenters. The van der Waals surface area contributed by atoms with Gasteiger partial charge in [-0.1, -0.05) is 11.6 Å². The van der Waals surface area contributed by atoms with Gasteiger partial charge in [0.2, 0.25) is 0 Å². The summed E-state index contributed by atoms with van der Waals surface area (Å²) in [6.07, 6.45) is 2.17. The van der Waals surface area contributed by atoms with Crippen LogP contribution in [-0.4, -0.2) is 49.8 Å². The Bertz CT molecular complexity index is 1620. The van der Waals surface area contributed by atoms with E-state index in [9.17, 15) is 14.0 Å². The van der Waals surface area contributed by atoms with Crippen molar-refractivity contribution >= 4 is 45.1 Å². The summed E-state index contributed by atoms with van der Waals surface area (Å²) in [6.45, 7) is 8.15. The Labute approximate surface area is 245 Å². The average Bonchev–Trinajstić information content (AvgIpc) is 3.38. The SMILES string of the molecule is C[C@H]1C[C@@H](Nc2nc(=O)n(-c3ccc(Cl)cc3OCc3ccc(F)cn3)c3ccsc23)CCN1C(=O)OC(C)(C)C. The summed E-state index contributed by atoms with van der Waals surface area (Å²) < 4.78 is 27.1. The van der Waals surface area contributed by atoms with Crippen LogP contribution < -0.4 is 15.7 Å². The summed E-state index contributed by atoms with van der Waals surface area (Å²) >= 11 is 7.73. The lowest BCUT2D eigenvalue weighted by Gasteiger charge is -2.38. The Morgan fingerprint density at radius 2 is 2.05 bits per heavy atom. The molecule has 1 aliphatic rings. The Morgan fingerprint density at radius 1 is 1.24 bits per heavy atom. The number of halogens is 2. The summed E-state index contributed by atoms with van der Waals surface area (Å²) in [5.74, 6) is 0.432. The maximum Gasteiger partial charge on any atom is 0.410 e. The van der Waals surface area contributed by atoms with Crippen LogP contribution in [0.25, 0.3) is 15.9 Å². The van der Waals surface area contributed by atoms with Crippen molar-refractivity contribution in [3.8, 4) is 11.4 Å². The lowest BCUT2D eigenvalue weighted by molar-refractivity contribution is 0.0112. The van der Waals surface area contributed by atoms with Crippen molar-refractivity contribution in [1.29, 1.82) is 0 Å². The van der Waals surface area contributed by atoms with Gasteiger partial charge in [0.25, 0.3) is 0 Å². The maximum atomic E-state index is 13.5. The molecule has 4 aromatic rings. The van der Waals surface area contributed by atoms with E-state index in [0.29, 0.717) is 52.9 Å². The quantitative estimate of drug-likeness (QED) is 0.273. The van der Waals surface area contributed by atoms with Crippen molar-refractivity contribution in [3.05, 3.63) is 75.0 Å². The van der Waals surface area contributed by atoms with E-state index < -0.39 is 17.1 Å². The molecule has 1 N–H and O–H groups in total. The van der Waals surface area contributed by atoms with Crippen molar-refractivity contribution in [3.63, 3.8) is 0 Å². The molecule has 41 heavy (non-hydrogen) atoms. The van der Waals surface area contributed by atoms with E-state index in [2.05, 4.69) is 15.3 Å². The molecular weight excluding hydrogens is 569 g/mol. The van der Waals surface area contributed by atoms with Gasteiger partial charge in [-0.25, -0.2) is 14.0 Å². The van der Waals surface area contributed by atoms with Crippen LogP contribution in [0.15, 0.2) is 52.8 Å². The molecule has 0 radical (unpaired) electrons. The van der Waals surface area contributed by atoms with Crippen LogP contribution in [0.4, 0.5) is 15.0 Å². The van der Waals surface area contributed by atoms with E-state index in [1.807, 2.05) is 39.1 Å². The molecule has 3 aromatic heterocycles. The van der Waals surface area contributed by atoms with Gasteiger partial charge in [0.15, 0.2) is 5.82 Å². The predicted molar refractivity (Wildman–Crippen MR) is 158 cm³/mol. The molecule has 5 rings (SSSR count). The van der Waals surface area contributed by atoms with Gasteiger partial charge in [-0.05, 0) is 76.2 Å². The van der Waals surface area contributed by atoms with Crippen molar-refractivity contribution in [2.45, 2.75) is 64.8 Å². The Kier molecular flexibility index (Phi) is 8.19. The van der Waals surface area contributed by atoms with Crippen LogP contribution in [0, 0.1) is 5.82 Å². The number of piperidine rings is 1. The van der Waals surface area contributed by atoms with Gasteiger partial charge in [-0.3, -0.25) is 9.55 Å². The molecular formula is C29H31ClFN5O4S. The van der Waals surface area contributed by atoms with Crippen LogP contribution in [0.2, 0.25) is 5.02 Å². The van der Waals surface area contributed by atoms with E-state index in [1.54, 1.807) is 23.1 Å². The second kappa shape index (κ2) is 11.7. The number of hydrogen-bond donors (Lipinski definition) is 1. The topological polar surface area (TPSA) is 98.6 Å². The second-order valence-corrected chi connectivity index (χ2v) is 12.3. The standard InChI is InChI=1S/C29H31ClFN5O4S/c1-17-13-20(9-11-35(17)28(38)40-29(2,3)4)33-26-25-23(10-12-41-25)36(27(37)34-26)22-8-5-18(30)14-24(22)39-16-21-7-6-19(31)15-32-21/h5-8,10,12,14-15,17,20H,9,11,13,16H2,1-4H3,(H,33,34,37)/t17-,20-/m0/s1. The Hall–Kier alpha value is -3.70. The van der Waals surface area contributed by atoms with E-state index in [1.165, 1.54) is 28.0 Å². The number of carbonyl (C=O) groups excluding carboxylic acids is 1. The zero-order chi connectivity index (χ0) is 29.3. The van der Waals surface area contributed by atoms with Gasteiger partial charge in [0.1, 0.15) is 23.8 Å². The molecule has 0 unspecified atom stereocenters. The monoisotopic (exact) mass is 599 g/mol. The number of benzene rings is 1. The molecule has 216 valence electrons. The largest absolute Gasteiger partial charge is 0.485 e. The van der Waals surface area contributed by atoms with E-state index in [-0.39, 0.29) is 24.8 Å². The molecule has 0 spiro atoms. The molecule has 9 nitrogen and oxygen atoms in total. The minimum atomic E-state index is -0.558. The molecule has 12 heteroatoms. The number of aromatic nitrogens is 3. The first-order valence-electron chi connectivity index (χ1n) is 13.3. The smallest absolute Gasteiger partial charge is 0.410 e. The molecule has 4 heterocycles. The van der Waals surface area contributed by atoms with Crippen LogP contribution in [-0.2, 0) is 11.3 Å². The highest BCUT2D eigenvalue weighted by molar-refractivity contribution is 7.17. The molecule has 1 fully saturated rings. The number of pyridine rings is 1. The molecule has 0 saturated carbocycles. The normalized spacial score (nSPS) is 17.5. The first-order valence-corrected chi connectivity index (χ1v) is 14.5. The molecule has 0 aliphatic carbocycles. The fourth-order valence-electron chi connectivity index (χ4n) is 4.81. The summed E-state index contributed by atoms with van der Waals surface area (Å²) in [7, 11) is 0. The first-order chi connectivity index (χ1) is 19.5. The molecule has 1 aliphatic heterocycles. The highest BCUT2D eigenvalue weighted by Gasteiger charge is 2.32. The van der Waals surface area contributed by atoms with Crippen molar-refractivity contribution in [1.82, 2.24) is 19.4 Å². The number of nitrogens with one attached hydrogen (secondary N) is 1. The number of hydrogen-bond acceptors (Lipinski definition) is 8. The predicted octanol–water partition coefficient (Wildman–Crippen LogP) is 6.41. The average molecular weight is 600 g/mol. The van der Waals surface area contributed by atoms with Gasteiger partial charge >= 0.3 is 11.8 Å². The summed E-state index contributed by atoms with van der Waals surface area (Å²) in [5.41, 5.74) is 0.629.